The molecule has 0 saturated carbocycles. The Bertz CT molecular complexity index is 1770. The van der Waals surface area contributed by atoms with Crippen molar-refractivity contribution in [1.29, 1.82) is 0 Å². The number of fused-ring (bicyclic) bond motifs is 3. The van der Waals surface area contributed by atoms with Crippen LogP contribution in [0.15, 0.2) is 78.8 Å². The highest BCUT2D eigenvalue weighted by Gasteiger charge is 2.27. The van der Waals surface area contributed by atoms with Gasteiger partial charge in [-0.15, -0.1) is 0 Å². The molecular formula is C37H43N. The molecular weight excluding hydrogens is 458 g/mol. The topological polar surface area (TPSA) is 4.93 Å². The SMILES string of the molecule is [2H]c1c([2H])c(C)c([2H])c(-c2cccc(-n3c4cc(C(C)(C)C)ccc4c4ccc(C(C)(C)C)cc43)c2C(C)(C)C)c1[2H]. The third-order valence-corrected chi connectivity index (χ3v) is 7.55. The maximum Gasteiger partial charge on any atom is 0.0632 e. The van der Waals surface area contributed by atoms with Gasteiger partial charge in [-0.25, -0.2) is 0 Å². The highest BCUT2D eigenvalue weighted by Crippen LogP contribution is 2.42. The third kappa shape index (κ3) is 4.57. The molecule has 5 rings (SSSR count). The van der Waals surface area contributed by atoms with E-state index in [9.17, 15) is 0 Å². The van der Waals surface area contributed by atoms with Gasteiger partial charge in [-0.1, -0.05) is 128 Å². The molecule has 5 aromatic rings. The molecule has 4 aromatic carbocycles. The van der Waals surface area contributed by atoms with Gasteiger partial charge in [0.15, 0.2) is 0 Å². The fourth-order valence-electron chi connectivity index (χ4n) is 5.51. The molecule has 1 aromatic heterocycles. The molecule has 0 atom stereocenters. The summed E-state index contributed by atoms with van der Waals surface area (Å²) < 4.78 is 37.1. The molecule has 0 N–H and O–H groups in total. The first kappa shape index (κ1) is 21.6. The van der Waals surface area contributed by atoms with Crippen LogP contribution in [0.4, 0.5) is 0 Å². The van der Waals surface area contributed by atoms with Crippen molar-refractivity contribution in [2.45, 2.75) is 85.5 Å². The summed E-state index contributed by atoms with van der Waals surface area (Å²) in [5.41, 5.74) is 8.01. The van der Waals surface area contributed by atoms with Crippen molar-refractivity contribution >= 4 is 21.8 Å². The molecule has 1 heteroatoms. The van der Waals surface area contributed by atoms with Gasteiger partial charge in [-0.3, -0.25) is 0 Å². The van der Waals surface area contributed by atoms with E-state index in [0.717, 1.165) is 27.8 Å². The summed E-state index contributed by atoms with van der Waals surface area (Å²) in [5, 5.41) is 2.38. The Hall–Kier alpha value is -3.32. The first-order valence-electron chi connectivity index (χ1n) is 15.6. The molecule has 38 heavy (non-hydrogen) atoms. The van der Waals surface area contributed by atoms with Gasteiger partial charge in [0.05, 0.1) is 22.2 Å². The fraction of sp³-hybridized carbons (Fsp3) is 0.351. The predicted molar refractivity (Wildman–Crippen MR) is 167 cm³/mol. The second-order valence-corrected chi connectivity index (χ2v) is 13.7. The zero-order valence-corrected chi connectivity index (χ0v) is 24.6. The average molecular weight is 506 g/mol. The molecule has 0 aliphatic carbocycles. The fourth-order valence-corrected chi connectivity index (χ4v) is 5.51. The second-order valence-electron chi connectivity index (χ2n) is 13.7. The second kappa shape index (κ2) is 8.87. The maximum absolute atomic E-state index is 8.98. The summed E-state index contributed by atoms with van der Waals surface area (Å²) >= 11 is 0. The summed E-state index contributed by atoms with van der Waals surface area (Å²) in [6.45, 7) is 21.7. The standard InChI is InChI=1S/C37H43N/c1-24-13-11-14-25(21-24)28-15-12-16-31(34(28)37(8,9)10)38-32-22-26(35(2,3)4)17-19-29(32)30-20-18-27(23-33(30)38)36(5,6)7/h11-23H,1-10H3/i11D,13D,14D,21D. The van der Waals surface area contributed by atoms with Gasteiger partial charge in [0, 0.05) is 10.8 Å². The van der Waals surface area contributed by atoms with E-state index in [2.05, 4.69) is 109 Å². The van der Waals surface area contributed by atoms with Gasteiger partial charge >= 0.3 is 0 Å². The van der Waals surface area contributed by atoms with Crippen LogP contribution in [0.5, 0.6) is 0 Å². The molecule has 0 spiro atoms. The van der Waals surface area contributed by atoms with Crippen LogP contribution in [0.2, 0.25) is 0 Å². The molecule has 0 amide bonds. The maximum atomic E-state index is 8.98. The number of benzene rings is 4. The molecule has 0 saturated heterocycles. The summed E-state index contributed by atoms with van der Waals surface area (Å²) in [7, 11) is 0. The minimum absolute atomic E-state index is 0.0267. The Morgan fingerprint density at radius 3 is 1.71 bits per heavy atom. The molecule has 1 nitrogen and oxygen atoms in total. The Balaban J connectivity index is 2.00. The van der Waals surface area contributed by atoms with Crippen LogP contribution < -0.4 is 0 Å². The van der Waals surface area contributed by atoms with E-state index in [1.165, 1.54) is 21.9 Å². The normalized spacial score (nSPS) is 14.5. The lowest BCUT2D eigenvalue weighted by Gasteiger charge is -2.28. The lowest BCUT2D eigenvalue weighted by Crippen LogP contribution is -2.17. The van der Waals surface area contributed by atoms with Crippen LogP contribution in [0.3, 0.4) is 0 Å². The predicted octanol–water partition coefficient (Wildman–Crippen LogP) is 10.7. The van der Waals surface area contributed by atoms with Crippen molar-refractivity contribution in [3.8, 4) is 16.8 Å². The Kier molecular flexibility index (Phi) is 5.04. The van der Waals surface area contributed by atoms with Gasteiger partial charge in [-0.05, 0) is 69.2 Å². The number of nitrogens with zero attached hydrogens (tertiary/aromatic N) is 1. The molecule has 0 aliphatic heterocycles. The van der Waals surface area contributed by atoms with Gasteiger partial charge in [0.25, 0.3) is 0 Å². The van der Waals surface area contributed by atoms with Gasteiger partial charge in [-0.2, -0.15) is 0 Å². The lowest BCUT2D eigenvalue weighted by molar-refractivity contribution is 0.587. The molecule has 0 radical (unpaired) electrons. The Morgan fingerprint density at radius 2 is 1.21 bits per heavy atom. The number of rotatable bonds is 2. The van der Waals surface area contributed by atoms with E-state index in [0.29, 0.717) is 11.1 Å². The number of hydrogen-bond acceptors (Lipinski definition) is 0. The number of hydrogen-bond donors (Lipinski definition) is 0. The zero-order chi connectivity index (χ0) is 31.1. The van der Waals surface area contributed by atoms with Crippen molar-refractivity contribution < 1.29 is 5.48 Å². The number of aromatic nitrogens is 1. The molecule has 0 fully saturated rings. The first-order chi connectivity index (χ1) is 19.3. The first-order valence-corrected chi connectivity index (χ1v) is 13.6. The van der Waals surface area contributed by atoms with Crippen molar-refractivity contribution in [3.05, 3.63) is 101 Å². The van der Waals surface area contributed by atoms with E-state index in [1.807, 2.05) is 12.1 Å². The van der Waals surface area contributed by atoms with Crippen LogP contribution in [-0.2, 0) is 16.2 Å². The monoisotopic (exact) mass is 505 g/mol. The van der Waals surface area contributed by atoms with Crippen molar-refractivity contribution in [2.75, 3.05) is 0 Å². The highest BCUT2D eigenvalue weighted by molar-refractivity contribution is 6.10. The van der Waals surface area contributed by atoms with E-state index >= 15 is 0 Å². The van der Waals surface area contributed by atoms with Crippen molar-refractivity contribution in [2.24, 2.45) is 0 Å². The van der Waals surface area contributed by atoms with Crippen LogP contribution in [0.1, 0.15) is 90.1 Å². The largest absolute Gasteiger partial charge is 0.309 e. The van der Waals surface area contributed by atoms with Crippen LogP contribution in [0, 0.1) is 6.92 Å². The summed E-state index contributed by atoms with van der Waals surface area (Å²) in [6.07, 6.45) is 0. The Morgan fingerprint density at radius 1 is 0.658 bits per heavy atom. The molecule has 1 heterocycles. The molecule has 0 bridgehead atoms. The van der Waals surface area contributed by atoms with Crippen LogP contribution in [0.25, 0.3) is 38.6 Å². The molecule has 196 valence electrons. The zero-order valence-electron chi connectivity index (χ0n) is 28.6. The minimum atomic E-state index is -0.354. The van der Waals surface area contributed by atoms with Crippen molar-refractivity contribution in [1.82, 2.24) is 4.57 Å². The summed E-state index contributed by atoms with van der Waals surface area (Å²) in [5.74, 6) is 0. The third-order valence-electron chi connectivity index (χ3n) is 7.55. The van der Waals surface area contributed by atoms with Crippen LogP contribution in [-0.4, -0.2) is 4.57 Å². The summed E-state index contributed by atoms with van der Waals surface area (Å²) in [4.78, 5) is 0. The van der Waals surface area contributed by atoms with Gasteiger partial charge in [0.2, 0.25) is 0 Å². The van der Waals surface area contributed by atoms with Gasteiger partial charge in [0.1, 0.15) is 0 Å². The molecule has 0 aliphatic rings. The van der Waals surface area contributed by atoms with Gasteiger partial charge < -0.3 is 4.57 Å². The Labute approximate surface area is 235 Å². The van der Waals surface area contributed by atoms with E-state index in [-0.39, 0.29) is 40.4 Å². The van der Waals surface area contributed by atoms with E-state index < -0.39 is 0 Å². The van der Waals surface area contributed by atoms with E-state index in [1.54, 1.807) is 6.92 Å². The lowest BCUT2D eigenvalue weighted by atomic mass is 9.80. The highest BCUT2D eigenvalue weighted by atomic mass is 15.0. The van der Waals surface area contributed by atoms with E-state index in [4.69, 9.17) is 5.48 Å². The van der Waals surface area contributed by atoms with Crippen molar-refractivity contribution in [3.63, 3.8) is 0 Å². The smallest absolute Gasteiger partial charge is 0.0632 e. The minimum Gasteiger partial charge on any atom is -0.309 e. The summed E-state index contributed by atoms with van der Waals surface area (Å²) in [6, 6.07) is 19.7. The average Bonchev–Trinajstić information content (AvgIpc) is 3.22. The quantitative estimate of drug-likeness (QED) is 0.225. The van der Waals surface area contributed by atoms with Crippen LogP contribution >= 0.6 is 0 Å². The molecule has 0 unspecified atom stereocenters.